The summed E-state index contributed by atoms with van der Waals surface area (Å²) >= 11 is 5.97. The lowest BCUT2D eigenvalue weighted by Gasteiger charge is -2.14. The van der Waals surface area contributed by atoms with Crippen molar-refractivity contribution in [3.05, 3.63) is 52.6 Å². The summed E-state index contributed by atoms with van der Waals surface area (Å²) in [4.78, 5) is 19.3. The molecule has 0 fully saturated rings. The summed E-state index contributed by atoms with van der Waals surface area (Å²) in [6, 6.07) is 5.76. The third-order valence-corrected chi connectivity index (χ3v) is 3.18. The lowest BCUT2D eigenvalue weighted by Crippen LogP contribution is -2.17. The summed E-state index contributed by atoms with van der Waals surface area (Å²) < 4.78 is 18.1. The summed E-state index contributed by atoms with van der Waals surface area (Å²) in [5.74, 6) is -2.55. The molecule has 0 spiro atoms. The van der Waals surface area contributed by atoms with Crippen LogP contribution in [0.3, 0.4) is 0 Å². The van der Waals surface area contributed by atoms with E-state index in [4.69, 9.17) is 16.3 Å². The average Bonchev–Trinajstić information content (AvgIpc) is 2.45. The molecule has 7 heteroatoms. The highest BCUT2D eigenvalue weighted by atomic mass is 35.5. The van der Waals surface area contributed by atoms with Gasteiger partial charge in [0, 0.05) is 0 Å². The molecule has 1 heterocycles. The molecule has 1 atom stereocenters. The van der Waals surface area contributed by atoms with Crippen LogP contribution in [0.4, 0.5) is 4.39 Å². The first-order chi connectivity index (χ1) is 10.0. The van der Waals surface area contributed by atoms with E-state index in [2.05, 4.69) is 9.97 Å². The van der Waals surface area contributed by atoms with E-state index >= 15 is 0 Å². The van der Waals surface area contributed by atoms with Gasteiger partial charge >= 0.3 is 12.0 Å². The van der Waals surface area contributed by atoms with E-state index in [9.17, 15) is 14.3 Å². The second-order valence-corrected chi connectivity index (χ2v) is 4.72. The number of aromatic nitrogens is 2. The Balaban J connectivity index is 2.37. The van der Waals surface area contributed by atoms with Gasteiger partial charge in [-0.15, -0.1) is 0 Å². The van der Waals surface area contributed by atoms with Gasteiger partial charge in [0.25, 0.3) is 0 Å². The molecule has 110 valence electrons. The van der Waals surface area contributed by atoms with Crippen LogP contribution < -0.4 is 4.74 Å². The van der Waals surface area contributed by atoms with Crippen molar-refractivity contribution in [1.82, 2.24) is 9.97 Å². The molecule has 0 aliphatic rings. The number of benzene rings is 1. The predicted molar refractivity (Wildman–Crippen MR) is 74.1 cm³/mol. The van der Waals surface area contributed by atoms with E-state index in [0.29, 0.717) is 5.56 Å². The van der Waals surface area contributed by atoms with Crippen molar-refractivity contribution in [1.29, 1.82) is 0 Å². The average molecular weight is 311 g/mol. The molecule has 0 aliphatic carbocycles. The minimum atomic E-state index is -1.11. The molecule has 2 rings (SSSR count). The minimum absolute atomic E-state index is 0.0277. The monoisotopic (exact) mass is 310 g/mol. The number of carboxylic acids is 1. The normalized spacial score (nSPS) is 12.0. The maximum atomic E-state index is 13.2. The number of hydrogen-bond donors (Lipinski definition) is 1. The maximum absolute atomic E-state index is 13.2. The number of carboxylic acid groups (broad SMARTS) is 1. The Morgan fingerprint density at radius 3 is 2.90 bits per heavy atom. The van der Waals surface area contributed by atoms with Gasteiger partial charge in [0.05, 0.1) is 24.0 Å². The minimum Gasteiger partial charge on any atom is -0.481 e. The van der Waals surface area contributed by atoms with E-state index in [1.54, 1.807) is 6.07 Å². The van der Waals surface area contributed by atoms with Gasteiger partial charge < -0.3 is 9.84 Å². The fourth-order valence-electron chi connectivity index (χ4n) is 1.91. The molecule has 0 radical (unpaired) electrons. The van der Waals surface area contributed by atoms with Crippen molar-refractivity contribution in [3.63, 3.8) is 0 Å². The van der Waals surface area contributed by atoms with Crippen LogP contribution in [0.1, 0.15) is 17.2 Å². The SMILES string of the molecule is COc1ncc(Cl)c(C(Cc2cccc(F)c2)C(=O)O)n1. The third kappa shape index (κ3) is 3.66. The number of methoxy groups -OCH3 is 1. The van der Waals surface area contributed by atoms with Crippen molar-refractivity contribution in [2.45, 2.75) is 12.3 Å². The Bertz CT molecular complexity index is 666. The fourth-order valence-corrected chi connectivity index (χ4v) is 2.13. The zero-order valence-electron chi connectivity index (χ0n) is 11.1. The Morgan fingerprint density at radius 1 is 1.52 bits per heavy atom. The fraction of sp³-hybridized carbons (Fsp3) is 0.214. The Hall–Kier alpha value is -2.21. The summed E-state index contributed by atoms with van der Waals surface area (Å²) in [5.41, 5.74) is 0.677. The first kappa shape index (κ1) is 15.2. The van der Waals surface area contributed by atoms with Crippen molar-refractivity contribution in [3.8, 4) is 6.01 Å². The number of hydrogen-bond acceptors (Lipinski definition) is 4. The summed E-state index contributed by atoms with van der Waals surface area (Å²) in [6.07, 6.45) is 1.34. The van der Waals surface area contributed by atoms with Gasteiger partial charge in [0.2, 0.25) is 0 Å². The molecule has 1 aromatic carbocycles. The lowest BCUT2D eigenvalue weighted by molar-refractivity contribution is -0.138. The van der Waals surface area contributed by atoms with Crippen LogP contribution in [-0.4, -0.2) is 28.2 Å². The molecular formula is C14H12ClFN2O3. The van der Waals surface area contributed by atoms with E-state index in [0.717, 1.165) is 0 Å². The van der Waals surface area contributed by atoms with Gasteiger partial charge in [-0.05, 0) is 24.1 Å². The Kier molecular flexibility index (Phi) is 4.70. The van der Waals surface area contributed by atoms with E-state index in [1.165, 1.54) is 31.5 Å². The Morgan fingerprint density at radius 2 is 2.29 bits per heavy atom. The highest BCUT2D eigenvalue weighted by Crippen LogP contribution is 2.27. The van der Waals surface area contributed by atoms with Crippen LogP contribution in [0.2, 0.25) is 5.02 Å². The zero-order chi connectivity index (χ0) is 15.4. The standard InChI is InChI=1S/C14H12ClFN2O3/c1-21-14-17-7-11(15)12(18-14)10(13(19)20)6-8-3-2-4-9(16)5-8/h2-5,7,10H,6H2,1H3,(H,19,20). The number of halogens is 2. The maximum Gasteiger partial charge on any atom is 0.316 e. The number of rotatable bonds is 5. The molecule has 0 amide bonds. The van der Waals surface area contributed by atoms with Gasteiger partial charge in [0.1, 0.15) is 11.7 Å². The number of carbonyl (C=O) groups is 1. The zero-order valence-corrected chi connectivity index (χ0v) is 11.8. The van der Waals surface area contributed by atoms with Gasteiger partial charge in [0.15, 0.2) is 0 Å². The largest absolute Gasteiger partial charge is 0.481 e. The third-order valence-electron chi connectivity index (χ3n) is 2.89. The quantitative estimate of drug-likeness (QED) is 0.919. The van der Waals surface area contributed by atoms with E-state index in [-0.39, 0.29) is 23.1 Å². The molecule has 21 heavy (non-hydrogen) atoms. The molecular weight excluding hydrogens is 299 g/mol. The van der Waals surface area contributed by atoms with Crippen LogP contribution in [0.5, 0.6) is 6.01 Å². The van der Waals surface area contributed by atoms with Crippen molar-refractivity contribution in [2.24, 2.45) is 0 Å². The first-order valence-corrected chi connectivity index (χ1v) is 6.42. The Labute approximate surface area is 125 Å². The molecule has 1 N–H and O–H groups in total. The van der Waals surface area contributed by atoms with Crippen LogP contribution in [-0.2, 0) is 11.2 Å². The number of nitrogens with zero attached hydrogens (tertiary/aromatic N) is 2. The van der Waals surface area contributed by atoms with Crippen LogP contribution >= 0.6 is 11.6 Å². The molecule has 0 saturated carbocycles. The second kappa shape index (κ2) is 6.49. The van der Waals surface area contributed by atoms with Gasteiger partial charge in [-0.1, -0.05) is 23.7 Å². The van der Waals surface area contributed by atoms with Gasteiger partial charge in [-0.25, -0.2) is 9.37 Å². The van der Waals surface area contributed by atoms with E-state index in [1.807, 2.05) is 0 Å². The lowest BCUT2D eigenvalue weighted by atomic mass is 9.96. The molecule has 0 saturated heterocycles. The van der Waals surface area contributed by atoms with Crippen molar-refractivity contribution in [2.75, 3.05) is 7.11 Å². The highest BCUT2D eigenvalue weighted by molar-refractivity contribution is 6.31. The first-order valence-electron chi connectivity index (χ1n) is 6.05. The summed E-state index contributed by atoms with van der Waals surface area (Å²) in [5, 5.41) is 9.52. The van der Waals surface area contributed by atoms with Crippen molar-refractivity contribution >= 4 is 17.6 Å². The molecule has 0 bridgehead atoms. The molecule has 5 nitrogen and oxygen atoms in total. The van der Waals surface area contributed by atoms with Gasteiger partial charge in [-0.2, -0.15) is 4.98 Å². The summed E-state index contributed by atoms with van der Waals surface area (Å²) in [7, 11) is 1.37. The highest BCUT2D eigenvalue weighted by Gasteiger charge is 2.25. The molecule has 1 unspecified atom stereocenters. The number of ether oxygens (including phenoxy) is 1. The smallest absolute Gasteiger partial charge is 0.316 e. The predicted octanol–water partition coefficient (Wildman–Crippen LogP) is 2.69. The topological polar surface area (TPSA) is 72.3 Å². The van der Waals surface area contributed by atoms with E-state index < -0.39 is 17.7 Å². The molecule has 1 aromatic heterocycles. The van der Waals surface area contributed by atoms with Gasteiger partial charge in [-0.3, -0.25) is 4.79 Å². The second-order valence-electron chi connectivity index (χ2n) is 4.31. The summed E-state index contributed by atoms with van der Waals surface area (Å²) in [6.45, 7) is 0. The van der Waals surface area contributed by atoms with Crippen LogP contribution in [0.25, 0.3) is 0 Å². The number of aliphatic carboxylic acids is 1. The van der Waals surface area contributed by atoms with Crippen LogP contribution in [0.15, 0.2) is 30.5 Å². The molecule has 2 aromatic rings. The van der Waals surface area contributed by atoms with Crippen molar-refractivity contribution < 1.29 is 19.0 Å². The van der Waals surface area contributed by atoms with Crippen LogP contribution in [0, 0.1) is 5.82 Å². The molecule has 0 aliphatic heterocycles.